The second kappa shape index (κ2) is 3.71. The number of hydrogen-bond acceptors (Lipinski definition) is 4. The van der Waals surface area contributed by atoms with Crippen molar-refractivity contribution in [3.8, 4) is 0 Å². The number of fused-ring (bicyclic) bond motifs is 1. The lowest BCUT2D eigenvalue weighted by molar-refractivity contribution is -0.137. The Balaban J connectivity index is 1.95. The summed E-state index contributed by atoms with van der Waals surface area (Å²) >= 11 is 0. The van der Waals surface area contributed by atoms with E-state index in [9.17, 15) is 4.79 Å². The van der Waals surface area contributed by atoms with Crippen LogP contribution in [-0.4, -0.2) is 32.5 Å². The van der Waals surface area contributed by atoms with Crippen LogP contribution in [0.3, 0.4) is 0 Å². The van der Waals surface area contributed by atoms with E-state index >= 15 is 0 Å². The Morgan fingerprint density at radius 2 is 2.43 bits per heavy atom. The van der Waals surface area contributed by atoms with Gasteiger partial charge in [-0.25, -0.2) is 9.97 Å². The fourth-order valence-electron chi connectivity index (χ4n) is 1.58. The molecule has 0 spiro atoms. The molecule has 0 radical (unpaired) electrons. The van der Waals surface area contributed by atoms with Crippen LogP contribution in [0.2, 0.25) is 0 Å². The minimum atomic E-state index is -0.757. The van der Waals surface area contributed by atoms with Crippen molar-refractivity contribution in [3.63, 3.8) is 0 Å². The lowest BCUT2D eigenvalue weighted by Gasteiger charge is -2.11. The quantitative estimate of drug-likeness (QED) is 0.746. The maximum atomic E-state index is 10.4. The first-order chi connectivity index (χ1) is 6.75. The molecule has 0 aliphatic carbocycles. The Bertz CT molecular complexity index is 329. The number of aromatic nitrogens is 2. The van der Waals surface area contributed by atoms with Crippen molar-refractivity contribution in [3.05, 3.63) is 23.8 Å². The van der Waals surface area contributed by atoms with Gasteiger partial charge in [-0.2, -0.15) is 0 Å². The number of hydrogen-bond donors (Lipinski definition) is 1. The van der Waals surface area contributed by atoms with Crippen LogP contribution >= 0.6 is 0 Å². The van der Waals surface area contributed by atoms with Crippen LogP contribution in [0.4, 0.5) is 0 Å². The minimum Gasteiger partial charge on any atom is -0.481 e. The molecule has 0 aromatic carbocycles. The Morgan fingerprint density at radius 1 is 1.57 bits per heavy atom. The SMILES string of the molecule is O=C(O)CCN1Cc2cncnc2C1. The van der Waals surface area contributed by atoms with Gasteiger partial charge in [0, 0.05) is 31.4 Å². The van der Waals surface area contributed by atoms with Crippen LogP contribution in [0.15, 0.2) is 12.5 Å². The van der Waals surface area contributed by atoms with Crippen molar-refractivity contribution in [1.29, 1.82) is 0 Å². The third-order valence-electron chi connectivity index (χ3n) is 2.29. The van der Waals surface area contributed by atoms with Crippen LogP contribution in [0.1, 0.15) is 17.7 Å². The molecule has 2 heterocycles. The lowest BCUT2D eigenvalue weighted by atomic mass is 10.3. The molecule has 0 atom stereocenters. The van der Waals surface area contributed by atoms with E-state index in [-0.39, 0.29) is 6.42 Å². The number of aliphatic carboxylic acids is 1. The fraction of sp³-hybridized carbons (Fsp3) is 0.444. The molecule has 5 nitrogen and oxygen atoms in total. The molecule has 1 aromatic heterocycles. The van der Waals surface area contributed by atoms with Crippen molar-refractivity contribution in [2.75, 3.05) is 6.54 Å². The maximum Gasteiger partial charge on any atom is 0.304 e. The molecular formula is C9H11N3O2. The van der Waals surface area contributed by atoms with Crippen LogP contribution in [0, 0.1) is 0 Å². The molecule has 0 saturated carbocycles. The molecule has 74 valence electrons. The first-order valence-corrected chi connectivity index (χ1v) is 4.47. The normalized spacial score (nSPS) is 15.4. The van der Waals surface area contributed by atoms with Crippen molar-refractivity contribution in [2.45, 2.75) is 19.5 Å². The number of carbonyl (C=O) groups is 1. The Morgan fingerprint density at radius 3 is 3.14 bits per heavy atom. The molecule has 0 unspecified atom stereocenters. The number of nitrogens with zero attached hydrogens (tertiary/aromatic N) is 3. The summed E-state index contributed by atoms with van der Waals surface area (Å²) < 4.78 is 0. The predicted molar refractivity (Wildman–Crippen MR) is 48.4 cm³/mol. The maximum absolute atomic E-state index is 10.4. The zero-order valence-corrected chi connectivity index (χ0v) is 7.68. The Kier molecular flexibility index (Phi) is 2.41. The van der Waals surface area contributed by atoms with Crippen molar-refractivity contribution >= 4 is 5.97 Å². The molecule has 1 N–H and O–H groups in total. The van der Waals surface area contributed by atoms with E-state index < -0.39 is 5.97 Å². The molecule has 2 rings (SSSR count). The fourth-order valence-corrected chi connectivity index (χ4v) is 1.58. The van der Waals surface area contributed by atoms with Gasteiger partial charge in [0.2, 0.25) is 0 Å². The first kappa shape index (κ1) is 9.08. The highest BCUT2D eigenvalue weighted by Gasteiger charge is 2.19. The topological polar surface area (TPSA) is 66.3 Å². The summed E-state index contributed by atoms with van der Waals surface area (Å²) in [4.78, 5) is 20.5. The van der Waals surface area contributed by atoms with Gasteiger partial charge in [-0.1, -0.05) is 0 Å². The van der Waals surface area contributed by atoms with Gasteiger partial charge in [0.15, 0.2) is 0 Å². The second-order valence-electron chi connectivity index (χ2n) is 3.35. The minimum absolute atomic E-state index is 0.182. The molecule has 1 aliphatic heterocycles. The van der Waals surface area contributed by atoms with Crippen LogP contribution < -0.4 is 0 Å². The third kappa shape index (κ3) is 1.88. The summed E-state index contributed by atoms with van der Waals surface area (Å²) in [5.74, 6) is -0.757. The van der Waals surface area contributed by atoms with Gasteiger partial charge >= 0.3 is 5.97 Å². The van der Waals surface area contributed by atoms with Gasteiger partial charge in [-0.05, 0) is 0 Å². The van der Waals surface area contributed by atoms with E-state index in [1.165, 1.54) is 6.33 Å². The van der Waals surface area contributed by atoms with Crippen LogP contribution in [0.5, 0.6) is 0 Å². The third-order valence-corrected chi connectivity index (χ3v) is 2.29. The summed E-state index contributed by atoms with van der Waals surface area (Å²) in [5, 5.41) is 8.54. The second-order valence-corrected chi connectivity index (χ2v) is 3.35. The number of carboxylic acid groups (broad SMARTS) is 1. The highest BCUT2D eigenvalue weighted by molar-refractivity contribution is 5.66. The van der Waals surface area contributed by atoms with Gasteiger partial charge in [-0.3, -0.25) is 9.69 Å². The predicted octanol–water partition coefficient (Wildman–Crippen LogP) is 0.267. The van der Waals surface area contributed by atoms with Crippen molar-refractivity contribution < 1.29 is 9.90 Å². The molecular weight excluding hydrogens is 182 g/mol. The zero-order chi connectivity index (χ0) is 9.97. The molecule has 1 aromatic rings. The first-order valence-electron chi connectivity index (χ1n) is 4.47. The molecule has 14 heavy (non-hydrogen) atoms. The Labute approximate surface area is 81.4 Å². The van der Waals surface area contributed by atoms with Gasteiger partial charge in [-0.15, -0.1) is 0 Å². The summed E-state index contributed by atoms with van der Waals surface area (Å²) in [6, 6.07) is 0. The van der Waals surface area contributed by atoms with E-state index in [0.29, 0.717) is 6.54 Å². The average Bonchev–Trinajstić information content (AvgIpc) is 2.57. The van der Waals surface area contributed by atoms with E-state index in [1.54, 1.807) is 6.20 Å². The van der Waals surface area contributed by atoms with E-state index in [4.69, 9.17) is 5.11 Å². The van der Waals surface area contributed by atoms with Crippen molar-refractivity contribution in [2.24, 2.45) is 0 Å². The van der Waals surface area contributed by atoms with Crippen LogP contribution in [-0.2, 0) is 17.9 Å². The van der Waals surface area contributed by atoms with Gasteiger partial charge in [0.1, 0.15) is 6.33 Å². The standard InChI is InChI=1S/C9H11N3O2/c13-9(14)1-2-12-4-7-3-10-6-11-8(7)5-12/h3,6H,1-2,4-5H2,(H,13,14). The smallest absolute Gasteiger partial charge is 0.304 e. The number of carboxylic acids is 1. The monoisotopic (exact) mass is 193 g/mol. The van der Waals surface area contributed by atoms with E-state index in [0.717, 1.165) is 24.3 Å². The summed E-state index contributed by atoms with van der Waals surface area (Å²) in [6.07, 6.45) is 3.50. The molecule has 0 fully saturated rings. The van der Waals surface area contributed by atoms with E-state index in [1.807, 2.05) is 0 Å². The molecule has 0 saturated heterocycles. The average molecular weight is 193 g/mol. The summed E-state index contributed by atoms with van der Waals surface area (Å²) in [5.41, 5.74) is 2.13. The lowest BCUT2D eigenvalue weighted by Crippen LogP contribution is -2.20. The van der Waals surface area contributed by atoms with Gasteiger partial charge in [0.25, 0.3) is 0 Å². The summed E-state index contributed by atoms with van der Waals surface area (Å²) in [7, 11) is 0. The van der Waals surface area contributed by atoms with E-state index in [2.05, 4.69) is 14.9 Å². The highest BCUT2D eigenvalue weighted by Crippen LogP contribution is 2.18. The molecule has 5 heteroatoms. The van der Waals surface area contributed by atoms with Gasteiger partial charge in [0.05, 0.1) is 12.1 Å². The summed E-state index contributed by atoms with van der Waals surface area (Å²) in [6.45, 7) is 2.08. The molecule has 1 aliphatic rings. The van der Waals surface area contributed by atoms with Crippen LogP contribution in [0.25, 0.3) is 0 Å². The highest BCUT2D eigenvalue weighted by atomic mass is 16.4. The zero-order valence-electron chi connectivity index (χ0n) is 7.68. The number of rotatable bonds is 3. The van der Waals surface area contributed by atoms with Gasteiger partial charge < -0.3 is 5.11 Å². The molecule has 0 amide bonds. The van der Waals surface area contributed by atoms with Crippen molar-refractivity contribution in [1.82, 2.24) is 14.9 Å². The molecule has 0 bridgehead atoms. The Hall–Kier alpha value is -1.49. The largest absolute Gasteiger partial charge is 0.481 e.